The molecule has 0 saturated carbocycles. The second-order valence-electron chi connectivity index (χ2n) is 5.55. The quantitative estimate of drug-likeness (QED) is 0.899. The molecule has 2 rings (SSSR count). The predicted molar refractivity (Wildman–Crippen MR) is 74.2 cm³/mol. The maximum atomic E-state index is 5.57. The van der Waals surface area contributed by atoms with Crippen LogP contribution in [0.2, 0.25) is 0 Å². The van der Waals surface area contributed by atoms with E-state index in [0.717, 1.165) is 24.3 Å². The first-order valence-electron chi connectivity index (χ1n) is 6.29. The Morgan fingerprint density at radius 2 is 2.06 bits per heavy atom. The maximum Gasteiger partial charge on any atom is 0.137 e. The molecule has 1 aromatic carbocycles. The van der Waals surface area contributed by atoms with Gasteiger partial charge in [0.05, 0.1) is 13.4 Å². The molecule has 0 spiro atoms. The van der Waals surface area contributed by atoms with Crippen molar-refractivity contribution in [3.63, 3.8) is 0 Å². The van der Waals surface area contributed by atoms with E-state index in [0.29, 0.717) is 0 Å². The van der Waals surface area contributed by atoms with Gasteiger partial charge in [0.1, 0.15) is 11.3 Å². The highest BCUT2D eigenvalue weighted by Gasteiger charge is 2.10. The SMILES string of the molecule is COc1ccc2c(CCNC(C)(C)C)coc2c1. The summed E-state index contributed by atoms with van der Waals surface area (Å²) < 4.78 is 10.8. The van der Waals surface area contributed by atoms with Gasteiger partial charge in [-0.2, -0.15) is 0 Å². The number of hydrogen-bond donors (Lipinski definition) is 1. The van der Waals surface area contributed by atoms with Crippen molar-refractivity contribution in [2.24, 2.45) is 0 Å². The average molecular weight is 247 g/mol. The molecular weight excluding hydrogens is 226 g/mol. The van der Waals surface area contributed by atoms with Crippen LogP contribution in [0, 0.1) is 0 Å². The normalized spacial score (nSPS) is 12.0. The van der Waals surface area contributed by atoms with Gasteiger partial charge in [-0.3, -0.25) is 0 Å². The van der Waals surface area contributed by atoms with E-state index in [1.54, 1.807) is 7.11 Å². The van der Waals surface area contributed by atoms with Crippen molar-refractivity contribution in [3.8, 4) is 5.75 Å². The number of furan rings is 1. The zero-order valence-electron chi connectivity index (χ0n) is 11.5. The van der Waals surface area contributed by atoms with Crippen LogP contribution in [0.3, 0.4) is 0 Å². The standard InChI is InChI=1S/C15H21NO2/c1-15(2,3)16-8-7-11-10-18-14-9-12(17-4)5-6-13(11)14/h5-6,9-10,16H,7-8H2,1-4H3. The Balaban J connectivity index is 2.10. The van der Waals surface area contributed by atoms with Gasteiger partial charge in [0, 0.05) is 17.0 Å². The first-order chi connectivity index (χ1) is 8.49. The maximum absolute atomic E-state index is 5.57. The lowest BCUT2D eigenvalue weighted by Gasteiger charge is -2.20. The van der Waals surface area contributed by atoms with Crippen molar-refractivity contribution in [1.82, 2.24) is 5.32 Å². The van der Waals surface area contributed by atoms with E-state index in [1.165, 1.54) is 10.9 Å². The number of methoxy groups -OCH3 is 1. The number of fused-ring (bicyclic) bond motifs is 1. The number of nitrogens with one attached hydrogen (secondary N) is 1. The number of ether oxygens (including phenoxy) is 1. The summed E-state index contributed by atoms with van der Waals surface area (Å²) in [6.45, 7) is 7.46. The van der Waals surface area contributed by atoms with E-state index in [9.17, 15) is 0 Å². The van der Waals surface area contributed by atoms with Crippen LogP contribution in [0.25, 0.3) is 11.0 Å². The van der Waals surface area contributed by atoms with Crippen LogP contribution in [-0.2, 0) is 6.42 Å². The zero-order valence-corrected chi connectivity index (χ0v) is 11.5. The van der Waals surface area contributed by atoms with Crippen molar-refractivity contribution < 1.29 is 9.15 Å². The highest BCUT2D eigenvalue weighted by atomic mass is 16.5. The van der Waals surface area contributed by atoms with Crippen LogP contribution >= 0.6 is 0 Å². The zero-order chi connectivity index (χ0) is 13.2. The lowest BCUT2D eigenvalue weighted by atomic mass is 10.1. The van der Waals surface area contributed by atoms with E-state index >= 15 is 0 Å². The van der Waals surface area contributed by atoms with Crippen molar-refractivity contribution in [2.75, 3.05) is 13.7 Å². The van der Waals surface area contributed by atoms with Gasteiger partial charge >= 0.3 is 0 Å². The van der Waals surface area contributed by atoms with Gasteiger partial charge in [0.15, 0.2) is 0 Å². The first kappa shape index (κ1) is 13.0. The molecule has 0 fully saturated rings. The van der Waals surface area contributed by atoms with Gasteiger partial charge in [0.2, 0.25) is 0 Å². The van der Waals surface area contributed by atoms with E-state index < -0.39 is 0 Å². The number of hydrogen-bond acceptors (Lipinski definition) is 3. The molecule has 0 amide bonds. The number of rotatable bonds is 4. The molecule has 0 unspecified atom stereocenters. The lowest BCUT2D eigenvalue weighted by Crippen LogP contribution is -2.37. The predicted octanol–water partition coefficient (Wildman–Crippen LogP) is 3.37. The fraction of sp³-hybridized carbons (Fsp3) is 0.467. The summed E-state index contributed by atoms with van der Waals surface area (Å²) in [5, 5.41) is 4.65. The average Bonchev–Trinajstić information content (AvgIpc) is 2.70. The minimum absolute atomic E-state index is 0.156. The minimum atomic E-state index is 0.156. The molecule has 1 heterocycles. The molecule has 1 aromatic heterocycles. The van der Waals surface area contributed by atoms with Crippen LogP contribution in [-0.4, -0.2) is 19.2 Å². The lowest BCUT2D eigenvalue weighted by molar-refractivity contribution is 0.414. The Morgan fingerprint density at radius 3 is 2.72 bits per heavy atom. The molecule has 1 N–H and O–H groups in total. The summed E-state index contributed by atoms with van der Waals surface area (Å²) in [4.78, 5) is 0. The van der Waals surface area contributed by atoms with Gasteiger partial charge in [-0.15, -0.1) is 0 Å². The molecule has 0 aliphatic carbocycles. The van der Waals surface area contributed by atoms with Crippen molar-refractivity contribution >= 4 is 11.0 Å². The van der Waals surface area contributed by atoms with Crippen molar-refractivity contribution in [3.05, 3.63) is 30.0 Å². The van der Waals surface area contributed by atoms with Crippen LogP contribution in [0.5, 0.6) is 5.75 Å². The Bertz CT molecular complexity index is 523. The fourth-order valence-corrected chi connectivity index (χ4v) is 1.96. The molecule has 0 bridgehead atoms. The highest BCUT2D eigenvalue weighted by molar-refractivity contribution is 5.82. The molecule has 18 heavy (non-hydrogen) atoms. The van der Waals surface area contributed by atoms with Gasteiger partial charge < -0.3 is 14.5 Å². The van der Waals surface area contributed by atoms with Gasteiger partial charge in [-0.05, 0) is 51.4 Å². The van der Waals surface area contributed by atoms with Crippen molar-refractivity contribution in [2.45, 2.75) is 32.7 Å². The van der Waals surface area contributed by atoms with Gasteiger partial charge in [-0.1, -0.05) is 0 Å². The third-order valence-corrected chi connectivity index (χ3v) is 2.91. The summed E-state index contributed by atoms with van der Waals surface area (Å²) in [5.74, 6) is 0.830. The Hall–Kier alpha value is -1.48. The van der Waals surface area contributed by atoms with E-state index in [2.05, 4.69) is 32.2 Å². The van der Waals surface area contributed by atoms with Crippen molar-refractivity contribution in [1.29, 1.82) is 0 Å². The van der Waals surface area contributed by atoms with Gasteiger partial charge in [0.25, 0.3) is 0 Å². The molecule has 0 radical (unpaired) electrons. The van der Waals surface area contributed by atoms with Crippen LogP contribution in [0.4, 0.5) is 0 Å². The summed E-state index contributed by atoms with van der Waals surface area (Å²) in [6, 6.07) is 5.96. The molecule has 98 valence electrons. The fourth-order valence-electron chi connectivity index (χ4n) is 1.96. The molecular formula is C15H21NO2. The summed E-state index contributed by atoms with van der Waals surface area (Å²) in [5.41, 5.74) is 2.28. The molecule has 3 nitrogen and oxygen atoms in total. The van der Waals surface area contributed by atoms with E-state index in [-0.39, 0.29) is 5.54 Å². The summed E-state index contributed by atoms with van der Waals surface area (Å²) in [6.07, 6.45) is 2.81. The highest BCUT2D eigenvalue weighted by Crippen LogP contribution is 2.25. The molecule has 0 aliphatic heterocycles. The van der Waals surface area contributed by atoms with Gasteiger partial charge in [-0.25, -0.2) is 0 Å². The second-order valence-corrected chi connectivity index (χ2v) is 5.55. The summed E-state index contributed by atoms with van der Waals surface area (Å²) >= 11 is 0. The Labute approximate surface area is 108 Å². The third-order valence-electron chi connectivity index (χ3n) is 2.91. The van der Waals surface area contributed by atoms with E-state index in [1.807, 2.05) is 18.4 Å². The molecule has 3 heteroatoms. The first-order valence-corrected chi connectivity index (χ1v) is 6.29. The molecule has 0 saturated heterocycles. The summed E-state index contributed by atoms with van der Waals surface area (Å²) in [7, 11) is 1.66. The van der Waals surface area contributed by atoms with Crippen LogP contribution < -0.4 is 10.1 Å². The number of benzene rings is 1. The second kappa shape index (κ2) is 5.02. The topological polar surface area (TPSA) is 34.4 Å². The Kier molecular flexibility index (Phi) is 3.62. The molecule has 2 aromatic rings. The van der Waals surface area contributed by atoms with Crippen LogP contribution in [0.1, 0.15) is 26.3 Å². The largest absolute Gasteiger partial charge is 0.497 e. The van der Waals surface area contributed by atoms with Crippen LogP contribution in [0.15, 0.2) is 28.9 Å². The smallest absolute Gasteiger partial charge is 0.137 e. The molecule has 0 atom stereocenters. The monoisotopic (exact) mass is 247 g/mol. The minimum Gasteiger partial charge on any atom is -0.497 e. The third kappa shape index (κ3) is 3.05. The van der Waals surface area contributed by atoms with E-state index in [4.69, 9.17) is 9.15 Å². The Morgan fingerprint density at radius 1 is 1.28 bits per heavy atom. The molecule has 0 aliphatic rings.